The highest BCUT2D eigenvalue weighted by Crippen LogP contribution is 2.29. The first kappa shape index (κ1) is 17.8. The van der Waals surface area contributed by atoms with Crippen molar-refractivity contribution >= 4 is 46.2 Å². The van der Waals surface area contributed by atoms with Gasteiger partial charge in [-0.25, -0.2) is 13.2 Å². The number of hydrogen-bond acceptors (Lipinski definition) is 4. The van der Waals surface area contributed by atoms with Gasteiger partial charge in [-0.1, -0.05) is 34.8 Å². The van der Waals surface area contributed by atoms with Crippen molar-refractivity contribution in [2.24, 2.45) is 5.73 Å². The van der Waals surface area contributed by atoms with Crippen LogP contribution in [0.5, 0.6) is 5.75 Å². The van der Waals surface area contributed by atoms with Crippen LogP contribution in [0, 0.1) is 17.5 Å². The molecule has 1 rings (SSSR count). The highest BCUT2D eigenvalue weighted by Gasteiger charge is 2.25. The molecule has 1 aromatic rings. The smallest absolute Gasteiger partial charge is 0.360 e. The van der Waals surface area contributed by atoms with Crippen LogP contribution in [0.25, 0.3) is 0 Å². The molecular formula is C9H7Cl3F3NO3S. The molecule has 0 aliphatic heterocycles. The number of halogens is 6. The number of hydrogen-bond donors (Lipinski definition) is 1. The molecule has 1 aromatic carbocycles. The van der Waals surface area contributed by atoms with Crippen LogP contribution >= 0.6 is 34.8 Å². The van der Waals surface area contributed by atoms with E-state index >= 15 is 0 Å². The standard InChI is InChI=1S/C9H7Cl3F3NO3S/c10-9(11,12)3-18-20(17)19-8-6(14)1-5(13)4(2-16)7(8)15/h1H,2-3,16H2. The van der Waals surface area contributed by atoms with Crippen molar-refractivity contribution in [3.05, 3.63) is 29.1 Å². The molecule has 0 heterocycles. The molecule has 0 saturated heterocycles. The van der Waals surface area contributed by atoms with Gasteiger partial charge in [0.05, 0.1) is 0 Å². The van der Waals surface area contributed by atoms with Crippen molar-refractivity contribution < 1.29 is 25.7 Å². The third kappa shape index (κ3) is 4.94. The molecule has 114 valence electrons. The van der Waals surface area contributed by atoms with Gasteiger partial charge in [0.1, 0.15) is 12.4 Å². The van der Waals surface area contributed by atoms with Gasteiger partial charge in [-0.05, 0) is 0 Å². The molecule has 0 aliphatic rings. The molecule has 0 fully saturated rings. The van der Waals surface area contributed by atoms with Crippen molar-refractivity contribution in [3.8, 4) is 5.75 Å². The average molecular weight is 373 g/mol. The van der Waals surface area contributed by atoms with Gasteiger partial charge in [0, 0.05) is 18.2 Å². The molecule has 2 N–H and O–H groups in total. The molecule has 0 aliphatic carbocycles. The zero-order chi connectivity index (χ0) is 15.5. The van der Waals surface area contributed by atoms with E-state index in [1.54, 1.807) is 0 Å². The zero-order valence-electron chi connectivity index (χ0n) is 9.47. The Morgan fingerprint density at radius 1 is 1.25 bits per heavy atom. The molecule has 1 atom stereocenters. The SMILES string of the molecule is NCc1c(F)cc(F)c(OS(=O)OCC(Cl)(Cl)Cl)c1F. The molecule has 1 unspecified atom stereocenters. The quantitative estimate of drug-likeness (QED) is 0.807. The fraction of sp³-hybridized carbons (Fsp3) is 0.333. The van der Waals surface area contributed by atoms with Crippen LogP contribution in [-0.2, 0) is 22.1 Å². The van der Waals surface area contributed by atoms with Crippen LogP contribution in [0.3, 0.4) is 0 Å². The van der Waals surface area contributed by atoms with E-state index < -0.39 is 57.1 Å². The monoisotopic (exact) mass is 371 g/mol. The summed E-state index contributed by atoms with van der Waals surface area (Å²) in [7, 11) is 0. The second kappa shape index (κ2) is 7.15. The second-order valence-electron chi connectivity index (χ2n) is 3.33. The molecule has 20 heavy (non-hydrogen) atoms. The van der Waals surface area contributed by atoms with E-state index in [9.17, 15) is 17.4 Å². The van der Waals surface area contributed by atoms with Crippen molar-refractivity contribution in [2.45, 2.75) is 10.3 Å². The normalized spacial score (nSPS) is 13.3. The summed E-state index contributed by atoms with van der Waals surface area (Å²) in [6.45, 7) is -1.20. The van der Waals surface area contributed by atoms with Crippen molar-refractivity contribution in [1.29, 1.82) is 0 Å². The fourth-order valence-electron chi connectivity index (χ4n) is 1.08. The van der Waals surface area contributed by atoms with Gasteiger partial charge < -0.3 is 9.92 Å². The zero-order valence-corrected chi connectivity index (χ0v) is 12.6. The predicted octanol–water partition coefficient (Wildman–Crippen LogP) is 2.91. The number of rotatable bonds is 5. The summed E-state index contributed by atoms with van der Waals surface area (Å²) in [5, 5.41) is 0. The third-order valence-corrected chi connectivity index (χ3v) is 2.84. The Morgan fingerprint density at radius 3 is 2.35 bits per heavy atom. The Bertz CT molecular complexity index is 527. The maximum atomic E-state index is 13.7. The van der Waals surface area contributed by atoms with Gasteiger partial charge in [-0.3, -0.25) is 4.18 Å². The van der Waals surface area contributed by atoms with Gasteiger partial charge in [-0.2, -0.15) is 4.21 Å². The Labute approximate surface area is 129 Å². The van der Waals surface area contributed by atoms with Crippen LogP contribution in [0.2, 0.25) is 0 Å². The van der Waals surface area contributed by atoms with Crippen molar-refractivity contribution in [3.63, 3.8) is 0 Å². The minimum absolute atomic E-state index is 0.340. The summed E-state index contributed by atoms with van der Waals surface area (Å²) in [6, 6.07) is 0.340. The number of benzene rings is 1. The minimum atomic E-state index is -2.65. The highest BCUT2D eigenvalue weighted by molar-refractivity contribution is 7.75. The third-order valence-electron chi connectivity index (χ3n) is 1.90. The molecule has 0 bridgehead atoms. The summed E-state index contributed by atoms with van der Waals surface area (Å²) < 4.78 is 58.4. The molecule has 0 spiro atoms. The molecule has 0 amide bonds. The van der Waals surface area contributed by atoms with Crippen LogP contribution in [0.4, 0.5) is 13.2 Å². The molecule has 0 radical (unpaired) electrons. The Balaban J connectivity index is 2.90. The van der Waals surface area contributed by atoms with Gasteiger partial charge in [0.2, 0.25) is 9.54 Å². The summed E-state index contributed by atoms with van der Waals surface area (Å²) in [5.74, 6) is -5.13. The Morgan fingerprint density at radius 2 is 1.85 bits per heavy atom. The van der Waals surface area contributed by atoms with E-state index in [1.807, 2.05) is 0 Å². The van der Waals surface area contributed by atoms with Gasteiger partial charge in [0.15, 0.2) is 11.6 Å². The first-order valence-corrected chi connectivity index (χ1v) is 6.95. The summed E-state index contributed by atoms with van der Waals surface area (Å²) in [4.78, 5) is 0. The summed E-state index contributed by atoms with van der Waals surface area (Å²) >= 11 is 13.3. The Hall–Kier alpha value is -0.250. The van der Waals surface area contributed by atoms with Crippen molar-refractivity contribution in [1.82, 2.24) is 0 Å². The lowest BCUT2D eigenvalue weighted by atomic mass is 10.2. The fourth-order valence-corrected chi connectivity index (χ4v) is 2.05. The van der Waals surface area contributed by atoms with E-state index in [4.69, 9.17) is 40.5 Å². The van der Waals surface area contributed by atoms with Crippen LogP contribution in [0.15, 0.2) is 6.07 Å². The van der Waals surface area contributed by atoms with Crippen LogP contribution in [-0.4, -0.2) is 14.6 Å². The first-order valence-electron chi connectivity index (χ1n) is 4.82. The van der Waals surface area contributed by atoms with E-state index in [-0.39, 0.29) is 0 Å². The highest BCUT2D eigenvalue weighted by atomic mass is 35.6. The molecule has 0 aromatic heterocycles. The average Bonchev–Trinajstić information content (AvgIpc) is 2.31. The molecule has 11 heteroatoms. The van der Waals surface area contributed by atoms with E-state index in [2.05, 4.69) is 8.37 Å². The van der Waals surface area contributed by atoms with Crippen molar-refractivity contribution in [2.75, 3.05) is 6.61 Å². The minimum Gasteiger partial charge on any atom is -0.374 e. The first-order chi connectivity index (χ1) is 9.15. The lowest BCUT2D eigenvalue weighted by molar-refractivity contribution is 0.309. The lowest BCUT2D eigenvalue weighted by Gasteiger charge is -2.12. The number of nitrogens with two attached hydrogens (primary N) is 1. The van der Waals surface area contributed by atoms with E-state index in [0.717, 1.165) is 0 Å². The molecular weight excluding hydrogens is 366 g/mol. The maximum absolute atomic E-state index is 13.7. The topological polar surface area (TPSA) is 61.5 Å². The lowest BCUT2D eigenvalue weighted by Crippen LogP contribution is -2.18. The van der Waals surface area contributed by atoms with Crippen LogP contribution < -0.4 is 9.92 Å². The Kier molecular flexibility index (Phi) is 6.36. The second-order valence-corrected chi connectivity index (χ2v) is 6.66. The van der Waals surface area contributed by atoms with E-state index in [1.165, 1.54) is 0 Å². The maximum Gasteiger partial charge on any atom is 0.360 e. The molecule has 0 saturated carbocycles. The van der Waals surface area contributed by atoms with Gasteiger partial charge in [-0.15, -0.1) is 0 Å². The number of alkyl halides is 3. The van der Waals surface area contributed by atoms with Gasteiger partial charge >= 0.3 is 11.4 Å². The van der Waals surface area contributed by atoms with Crippen LogP contribution in [0.1, 0.15) is 5.56 Å². The molecule has 4 nitrogen and oxygen atoms in total. The largest absolute Gasteiger partial charge is 0.374 e. The van der Waals surface area contributed by atoms with E-state index in [0.29, 0.717) is 6.07 Å². The summed E-state index contributed by atoms with van der Waals surface area (Å²) in [6.07, 6.45) is 0. The summed E-state index contributed by atoms with van der Waals surface area (Å²) in [5.41, 5.74) is 4.47. The van der Waals surface area contributed by atoms with Gasteiger partial charge in [0.25, 0.3) is 0 Å². The predicted molar refractivity (Wildman–Crippen MR) is 69.2 cm³/mol.